The standard InChI is InChI=1S/C7H9O3P/c8-6-11(9)10-7-4-2-1-3-5-7/h1-5,8,11H,6H2. The summed E-state index contributed by atoms with van der Waals surface area (Å²) in [5.41, 5.74) is 0. The predicted molar refractivity (Wildman–Crippen MR) is 43.2 cm³/mol. The first-order valence-corrected chi connectivity index (χ1v) is 4.72. The van der Waals surface area contributed by atoms with E-state index >= 15 is 0 Å². The summed E-state index contributed by atoms with van der Waals surface area (Å²) in [5, 5.41) is 8.40. The van der Waals surface area contributed by atoms with Gasteiger partial charge in [-0.3, -0.25) is 4.57 Å². The highest BCUT2D eigenvalue weighted by Gasteiger charge is 1.96. The summed E-state index contributed by atoms with van der Waals surface area (Å²) in [6.45, 7) is 0. The van der Waals surface area contributed by atoms with E-state index in [1.807, 2.05) is 6.07 Å². The third-order valence-corrected chi connectivity index (χ3v) is 1.83. The highest BCUT2D eigenvalue weighted by Crippen LogP contribution is 2.24. The molecule has 11 heavy (non-hydrogen) atoms. The maximum atomic E-state index is 10.7. The van der Waals surface area contributed by atoms with E-state index in [0.29, 0.717) is 5.75 Å². The average molecular weight is 172 g/mol. The molecule has 60 valence electrons. The lowest BCUT2D eigenvalue weighted by Gasteiger charge is -2.01. The molecule has 1 aromatic carbocycles. The Labute approximate surface area is 65.5 Å². The SMILES string of the molecule is O=[PH](CO)Oc1ccccc1. The zero-order valence-corrected chi connectivity index (χ0v) is 6.86. The molecular weight excluding hydrogens is 163 g/mol. The van der Waals surface area contributed by atoms with Gasteiger partial charge in [-0.1, -0.05) is 18.2 Å². The summed E-state index contributed by atoms with van der Waals surface area (Å²) in [6.07, 6.45) is -0.403. The van der Waals surface area contributed by atoms with Crippen molar-refractivity contribution in [2.75, 3.05) is 6.35 Å². The third kappa shape index (κ3) is 2.74. The zero-order valence-electron chi connectivity index (χ0n) is 5.86. The van der Waals surface area contributed by atoms with E-state index in [1.54, 1.807) is 24.3 Å². The second-order valence-electron chi connectivity index (χ2n) is 1.95. The van der Waals surface area contributed by atoms with Crippen molar-refractivity contribution >= 4 is 8.03 Å². The molecule has 1 unspecified atom stereocenters. The number of hydrogen-bond acceptors (Lipinski definition) is 3. The molecule has 0 spiro atoms. The van der Waals surface area contributed by atoms with E-state index in [4.69, 9.17) is 9.63 Å². The van der Waals surface area contributed by atoms with Crippen LogP contribution in [0.2, 0.25) is 0 Å². The molecule has 0 amide bonds. The molecule has 1 rings (SSSR count). The van der Waals surface area contributed by atoms with Gasteiger partial charge in [-0.2, -0.15) is 0 Å². The van der Waals surface area contributed by atoms with Crippen LogP contribution >= 0.6 is 8.03 Å². The highest BCUT2D eigenvalue weighted by molar-refractivity contribution is 7.39. The third-order valence-electron chi connectivity index (χ3n) is 1.10. The van der Waals surface area contributed by atoms with Crippen molar-refractivity contribution in [1.82, 2.24) is 0 Å². The van der Waals surface area contributed by atoms with Gasteiger partial charge in [-0.05, 0) is 12.1 Å². The van der Waals surface area contributed by atoms with Crippen molar-refractivity contribution in [3.63, 3.8) is 0 Å². The minimum atomic E-state index is -2.28. The molecule has 0 aliphatic carbocycles. The van der Waals surface area contributed by atoms with Gasteiger partial charge in [0.2, 0.25) is 0 Å². The number of aliphatic hydroxyl groups is 1. The molecule has 1 atom stereocenters. The maximum Gasteiger partial charge on any atom is 0.261 e. The van der Waals surface area contributed by atoms with Gasteiger partial charge in [0.15, 0.2) is 0 Å². The average Bonchev–Trinajstić information content (AvgIpc) is 2.06. The fourth-order valence-corrected chi connectivity index (χ4v) is 1.12. The minimum Gasteiger partial charge on any atom is -0.443 e. The summed E-state index contributed by atoms with van der Waals surface area (Å²) >= 11 is 0. The van der Waals surface area contributed by atoms with Crippen LogP contribution in [0.5, 0.6) is 5.75 Å². The molecule has 1 N–H and O–H groups in total. The van der Waals surface area contributed by atoms with Crippen LogP contribution in [-0.4, -0.2) is 11.5 Å². The Morgan fingerprint density at radius 1 is 1.36 bits per heavy atom. The van der Waals surface area contributed by atoms with Gasteiger partial charge >= 0.3 is 0 Å². The van der Waals surface area contributed by atoms with Gasteiger partial charge in [0.05, 0.1) is 0 Å². The quantitative estimate of drug-likeness (QED) is 0.702. The number of aliphatic hydroxyl groups excluding tert-OH is 1. The first-order valence-electron chi connectivity index (χ1n) is 3.19. The number of benzene rings is 1. The molecule has 0 aliphatic heterocycles. The lowest BCUT2D eigenvalue weighted by molar-refractivity contribution is 0.345. The number of para-hydroxylation sites is 1. The fraction of sp³-hybridized carbons (Fsp3) is 0.143. The summed E-state index contributed by atoms with van der Waals surface area (Å²) in [6, 6.07) is 8.78. The molecule has 0 bridgehead atoms. The second-order valence-corrected chi connectivity index (χ2v) is 3.21. The largest absolute Gasteiger partial charge is 0.443 e. The monoisotopic (exact) mass is 172 g/mol. The molecule has 0 saturated carbocycles. The maximum absolute atomic E-state index is 10.7. The Bertz CT molecular complexity index is 235. The Balaban J connectivity index is 2.58. The van der Waals surface area contributed by atoms with Crippen molar-refractivity contribution in [3.8, 4) is 5.75 Å². The molecule has 0 aromatic heterocycles. The molecule has 0 heterocycles. The van der Waals surface area contributed by atoms with Crippen molar-refractivity contribution in [2.24, 2.45) is 0 Å². The van der Waals surface area contributed by atoms with Crippen LogP contribution in [0.4, 0.5) is 0 Å². The van der Waals surface area contributed by atoms with Gasteiger partial charge in [0, 0.05) is 0 Å². The van der Waals surface area contributed by atoms with E-state index in [0.717, 1.165) is 0 Å². The van der Waals surface area contributed by atoms with E-state index in [1.165, 1.54) is 0 Å². The molecule has 0 fully saturated rings. The Morgan fingerprint density at radius 2 is 2.00 bits per heavy atom. The summed E-state index contributed by atoms with van der Waals surface area (Å²) in [7, 11) is -2.28. The van der Waals surface area contributed by atoms with Crippen LogP contribution in [0, 0.1) is 0 Å². The minimum absolute atomic E-state index is 0.403. The van der Waals surface area contributed by atoms with E-state index < -0.39 is 14.4 Å². The van der Waals surface area contributed by atoms with E-state index in [2.05, 4.69) is 0 Å². The van der Waals surface area contributed by atoms with Gasteiger partial charge < -0.3 is 9.63 Å². The van der Waals surface area contributed by atoms with Crippen LogP contribution in [0.1, 0.15) is 0 Å². The fourth-order valence-electron chi connectivity index (χ4n) is 0.652. The lowest BCUT2D eigenvalue weighted by atomic mass is 10.3. The highest BCUT2D eigenvalue weighted by atomic mass is 31.1. The predicted octanol–water partition coefficient (Wildman–Crippen LogP) is 1.49. The second kappa shape index (κ2) is 4.16. The first kappa shape index (κ1) is 8.31. The Kier molecular flexibility index (Phi) is 3.14. The molecular formula is C7H9O3P. The van der Waals surface area contributed by atoms with Gasteiger partial charge in [-0.25, -0.2) is 0 Å². The normalized spacial score (nSPS) is 12.5. The van der Waals surface area contributed by atoms with E-state index in [9.17, 15) is 4.57 Å². The van der Waals surface area contributed by atoms with Gasteiger partial charge in [0.25, 0.3) is 8.03 Å². The summed E-state index contributed by atoms with van der Waals surface area (Å²) < 4.78 is 15.6. The molecule has 0 radical (unpaired) electrons. The van der Waals surface area contributed by atoms with Gasteiger partial charge in [-0.15, -0.1) is 0 Å². The Hall–Kier alpha value is -0.790. The Morgan fingerprint density at radius 3 is 2.55 bits per heavy atom. The molecule has 0 aliphatic rings. The first-order chi connectivity index (χ1) is 5.33. The molecule has 4 heteroatoms. The van der Waals surface area contributed by atoms with Crippen LogP contribution in [0.15, 0.2) is 30.3 Å². The van der Waals surface area contributed by atoms with Crippen LogP contribution in [-0.2, 0) is 4.57 Å². The zero-order chi connectivity index (χ0) is 8.10. The van der Waals surface area contributed by atoms with Crippen molar-refractivity contribution < 1.29 is 14.2 Å². The van der Waals surface area contributed by atoms with Crippen LogP contribution in [0.3, 0.4) is 0 Å². The van der Waals surface area contributed by atoms with Crippen LogP contribution < -0.4 is 4.52 Å². The van der Waals surface area contributed by atoms with Crippen molar-refractivity contribution in [3.05, 3.63) is 30.3 Å². The molecule has 3 nitrogen and oxygen atoms in total. The molecule has 0 saturated heterocycles. The van der Waals surface area contributed by atoms with Crippen molar-refractivity contribution in [1.29, 1.82) is 0 Å². The number of rotatable bonds is 3. The van der Waals surface area contributed by atoms with E-state index in [-0.39, 0.29) is 0 Å². The topological polar surface area (TPSA) is 46.5 Å². The van der Waals surface area contributed by atoms with Gasteiger partial charge in [0.1, 0.15) is 12.1 Å². The lowest BCUT2D eigenvalue weighted by Crippen LogP contribution is -1.83. The smallest absolute Gasteiger partial charge is 0.261 e. The number of hydrogen-bond donors (Lipinski definition) is 1. The summed E-state index contributed by atoms with van der Waals surface area (Å²) in [4.78, 5) is 0. The van der Waals surface area contributed by atoms with Crippen molar-refractivity contribution in [2.45, 2.75) is 0 Å². The van der Waals surface area contributed by atoms with Crippen LogP contribution in [0.25, 0.3) is 0 Å². The molecule has 1 aromatic rings. The summed E-state index contributed by atoms with van der Waals surface area (Å²) in [5.74, 6) is 0.533.